The first kappa shape index (κ1) is 22.8. The lowest BCUT2D eigenvalue weighted by molar-refractivity contribution is 0.140. The van der Waals surface area contributed by atoms with Crippen LogP contribution in [-0.4, -0.2) is 60.5 Å². The number of para-hydroxylation sites is 1. The van der Waals surface area contributed by atoms with E-state index in [0.717, 1.165) is 26.2 Å². The van der Waals surface area contributed by atoms with Crippen LogP contribution in [0.25, 0.3) is 10.9 Å². The van der Waals surface area contributed by atoms with Gasteiger partial charge in [0.25, 0.3) is 0 Å². The summed E-state index contributed by atoms with van der Waals surface area (Å²) in [4.78, 5) is 2.68. The van der Waals surface area contributed by atoms with Crippen molar-refractivity contribution in [2.75, 3.05) is 26.2 Å². The lowest BCUT2D eigenvalue weighted by Crippen LogP contribution is -2.54. The molecular weight excluding hydrogens is 422 g/mol. The summed E-state index contributed by atoms with van der Waals surface area (Å²) in [6, 6.07) is 15.1. The largest absolute Gasteiger partial charge is 0.491 e. The molecule has 1 saturated heterocycles. The van der Waals surface area contributed by atoms with Gasteiger partial charge < -0.3 is 9.30 Å². The topological polar surface area (TPSA) is 54.8 Å². The Hall–Kier alpha value is -2.35. The van der Waals surface area contributed by atoms with Crippen LogP contribution in [0.4, 0.5) is 0 Å². The van der Waals surface area contributed by atoms with E-state index in [1.807, 2.05) is 20.8 Å². The number of aromatic nitrogens is 1. The Morgan fingerprint density at radius 2 is 1.75 bits per heavy atom. The fourth-order valence-electron chi connectivity index (χ4n) is 4.54. The third kappa shape index (κ3) is 4.70. The van der Waals surface area contributed by atoms with Crippen molar-refractivity contribution in [3.63, 3.8) is 0 Å². The monoisotopic (exact) mass is 455 g/mol. The molecule has 172 valence electrons. The van der Waals surface area contributed by atoms with Gasteiger partial charge >= 0.3 is 0 Å². The van der Waals surface area contributed by atoms with Gasteiger partial charge in [-0.05, 0) is 63.6 Å². The van der Waals surface area contributed by atoms with Crippen molar-refractivity contribution < 1.29 is 13.2 Å². The molecule has 1 aromatic heterocycles. The molecule has 2 aromatic carbocycles. The van der Waals surface area contributed by atoms with Crippen LogP contribution in [0.2, 0.25) is 0 Å². The van der Waals surface area contributed by atoms with Crippen LogP contribution in [0.5, 0.6) is 5.75 Å². The Bertz CT molecular complexity index is 1170. The highest BCUT2D eigenvalue weighted by molar-refractivity contribution is 7.89. The Morgan fingerprint density at radius 1 is 1.03 bits per heavy atom. The van der Waals surface area contributed by atoms with E-state index < -0.39 is 10.0 Å². The minimum absolute atomic E-state index is 0.0546. The zero-order valence-corrected chi connectivity index (χ0v) is 20.2. The van der Waals surface area contributed by atoms with E-state index in [1.54, 1.807) is 28.6 Å². The number of nitrogens with zero attached hydrogens (tertiary/aromatic N) is 3. The maximum absolute atomic E-state index is 13.2. The smallest absolute Gasteiger partial charge is 0.243 e. The van der Waals surface area contributed by atoms with Gasteiger partial charge in [-0.3, -0.25) is 4.90 Å². The van der Waals surface area contributed by atoms with Crippen molar-refractivity contribution in [3.8, 4) is 5.75 Å². The number of fused-ring (bicyclic) bond motifs is 1. The summed E-state index contributed by atoms with van der Waals surface area (Å²) in [5.41, 5.74) is 2.54. The third-order valence-corrected chi connectivity index (χ3v) is 8.13. The van der Waals surface area contributed by atoms with Crippen molar-refractivity contribution in [1.82, 2.24) is 13.8 Å². The Kier molecular flexibility index (Phi) is 6.60. The first-order valence-corrected chi connectivity index (χ1v) is 12.7. The van der Waals surface area contributed by atoms with Crippen molar-refractivity contribution >= 4 is 20.9 Å². The zero-order valence-electron chi connectivity index (χ0n) is 19.4. The summed E-state index contributed by atoms with van der Waals surface area (Å²) >= 11 is 0. The molecule has 0 N–H and O–H groups in total. The average Bonchev–Trinajstić information content (AvgIpc) is 3.08. The first-order valence-electron chi connectivity index (χ1n) is 11.3. The highest BCUT2D eigenvalue weighted by atomic mass is 32.2. The zero-order chi connectivity index (χ0) is 22.9. The van der Waals surface area contributed by atoms with E-state index >= 15 is 0 Å². The molecule has 3 aromatic rings. The van der Waals surface area contributed by atoms with Crippen LogP contribution >= 0.6 is 0 Å². The lowest BCUT2D eigenvalue weighted by atomic mass is 10.2. The minimum Gasteiger partial charge on any atom is -0.491 e. The molecule has 0 radical (unpaired) electrons. The molecule has 6 nitrogen and oxygen atoms in total. The molecule has 32 heavy (non-hydrogen) atoms. The highest BCUT2D eigenvalue weighted by Gasteiger charge is 2.33. The van der Waals surface area contributed by atoms with Crippen molar-refractivity contribution in [3.05, 3.63) is 60.3 Å². The van der Waals surface area contributed by atoms with Gasteiger partial charge in [0, 0.05) is 55.9 Å². The van der Waals surface area contributed by atoms with Crippen LogP contribution in [0.15, 0.2) is 59.6 Å². The number of hydrogen-bond acceptors (Lipinski definition) is 4. The highest BCUT2D eigenvalue weighted by Crippen LogP contribution is 2.24. The van der Waals surface area contributed by atoms with E-state index in [-0.39, 0.29) is 12.1 Å². The number of aryl methyl sites for hydroxylation is 1. The van der Waals surface area contributed by atoms with Gasteiger partial charge in [0.1, 0.15) is 5.75 Å². The Labute approximate surface area is 191 Å². The molecule has 2 heterocycles. The van der Waals surface area contributed by atoms with Crippen molar-refractivity contribution in [2.24, 2.45) is 0 Å². The summed E-state index contributed by atoms with van der Waals surface area (Å²) in [6.45, 7) is 11.8. The van der Waals surface area contributed by atoms with E-state index in [1.165, 1.54) is 16.5 Å². The number of benzene rings is 2. The van der Waals surface area contributed by atoms with E-state index in [0.29, 0.717) is 17.2 Å². The lowest BCUT2D eigenvalue weighted by Gasteiger charge is -2.39. The molecule has 7 heteroatoms. The minimum atomic E-state index is -3.53. The van der Waals surface area contributed by atoms with Crippen LogP contribution in [-0.2, 0) is 16.6 Å². The molecule has 4 rings (SSSR count). The molecule has 0 amide bonds. The van der Waals surface area contributed by atoms with Crippen LogP contribution in [0.1, 0.15) is 26.3 Å². The number of sulfonamides is 1. The Morgan fingerprint density at radius 3 is 2.44 bits per heavy atom. The predicted octanol–water partition coefficient (Wildman–Crippen LogP) is 4.13. The molecule has 0 saturated carbocycles. The maximum atomic E-state index is 13.2. The second kappa shape index (κ2) is 9.25. The summed E-state index contributed by atoms with van der Waals surface area (Å²) in [5.74, 6) is 0.685. The number of rotatable bonds is 7. The van der Waals surface area contributed by atoms with Crippen molar-refractivity contribution in [1.29, 1.82) is 0 Å². The van der Waals surface area contributed by atoms with Gasteiger partial charge in [-0.1, -0.05) is 18.2 Å². The molecular formula is C25H33N3O3S. The van der Waals surface area contributed by atoms with Gasteiger partial charge in [0.05, 0.1) is 11.0 Å². The van der Waals surface area contributed by atoms with Gasteiger partial charge in [0.2, 0.25) is 10.0 Å². The van der Waals surface area contributed by atoms with Crippen LogP contribution in [0, 0.1) is 6.92 Å². The van der Waals surface area contributed by atoms with E-state index in [2.05, 4.69) is 46.9 Å². The molecule has 0 aliphatic carbocycles. The van der Waals surface area contributed by atoms with E-state index in [9.17, 15) is 8.42 Å². The normalized spacial score (nSPS) is 18.5. The number of ether oxygens (including phenoxy) is 1. The Balaban J connectivity index is 1.39. The summed E-state index contributed by atoms with van der Waals surface area (Å²) in [5, 5.41) is 1.29. The molecule has 1 aliphatic heterocycles. The number of piperazine rings is 1. The average molecular weight is 456 g/mol. The number of hydrogen-bond donors (Lipinski definition) is 0. The quantitative estimate of drug-likeness (QED) is 0.538. The predicted molar refractivity (Wildman–Crippen MR) is 129 cm³/mol. The molecule has 0 spiro atoms. The summed E-state index contributed by atoms with van der Waals surface area (Å²) < 4.78 is 36.0. The summed E-state index contributed by atoms with van der Waals surface area (Å²) in [7, 11) is -3.53. The molecule has 1 atom stereocenters. The molecule has 0 bridgehead atoms. The fourth-order valence-corrected chi connectivity index (χ4v) is 6.15. The van der Waals surface area contributed by atoms with Gasteiger partial charge in [-0.25, -0.2) is 8.42 Å². The second-order valence-electron chi connectivity index (χ2n) is 8.93. The fraction of sp³-hybridized carbons (Fsp3) is 0.440. The van der Waals surface area contributed by atoms with Crippen LogP contribution in [0.3, 0.4) is 0 Å². The SMILES string of the molecule is Cc1cn(CCN2CCN(S(=O)(=O)c3ccc(OC(C)C)cc3)C(C)C2)c2ccccc12. The van der Waals surface area contributed by atoms with Gasteiger partial charge in [0.15, 0.2) is 0 Å². The third-order valence-electron chi connectivity index (χ3n) is 6.10. The standard InChI is InChI=1S/C25H33N3O3S/c1-19(2)31-22-9-11-23(12-10-22)32(29,30)28-16-14-26(18-21(28)4)13-15-27-17-20(3)24-7-5-6-8-25(24)27/h5-12,17,19,21H,13-16,18H2,1-4H3. The van der Waals surface area contributed by atoms with Crippen LogP contribution < -0.4 is 4.74 Å². The van der Waals surface area contributed by atoms with E-state index in [4.69, 9.17) is 4.74 Å². The molecule has 1 fully saturated rings. The first-order chi connectivity index (χ1) is 15.3. The molecule has 1 aliphatic rings. The molecule has 1 unspecified atom stereocenters. The van der Waals surface area contributed by atoms with Gasteiger partial charge in [-0.2, -0.15) is 4.31 Å². The van der Waals surface area contributed by atoms with Crippen molar-refractivity contribution in [2.45, 2.75) is 51.3 Å². The summed E-state index contributed by atoms with van der Waals surface area (Å²) in [6.07, 6.45) is 2.26. The maximum Gasteiger partial charge on any atom is 0.243 e. The second-order valence-corrected chi connectivity index (χ2v) is 10.8. The van der Waals surface area contributed by atoms with Gasteiger partial charge in [-0.15, -0.1) is 0 Å².